The number of benzene rings is 1. The lowest BCUT2D eigenvalue weighted by molar-refractivity contribution is 1.47. The van der Waals surface area contributed by atoms with Crippen molar-refractivity contribution in [1.82, 2.24) is 0 Å². The van der Waals surface area contributed by atoms with E-state index in [2.05, 4.69) is 6.07 Å². The minimum absolute atomic E-state index is 1.09. The van der Waals surface area contributed by atoms with Gasteiger partial charge in [-0.3, -0.25) is 0 Å². The van der Waals surface area contributed by atoms with Crippen LogP contribution < -0.4 is 0 Å². The second kappa shape index (κ2) is 3.05. The Morgan fingerprint density at radius 1 is 1.62 bits per heavy atom. The van der Waals surface area contributed by atoms with Gasteiger partial charge in [-0.05, 0) is 40.7 Å². The molecule has 2 radical (unpaired) electrons. The second-order valence-electron chi connectivity index (χ2n) is 1.32. The van der Waals surface area contributed by atoms with Crippen molar-refractivity contribution >= 4 is 22.5 Å². The third-order valence-electron chi connectivity index (χ3n) is 0.775. The molecule has 0 heterocycles. The van der Waals surface area contributed by atoms with Crippen molar-refractivity contribution in [3.8, 4) is 0 Å². The topological polar surface area (TPSA) is 0 Å². The Bertz CT molecular complexity index is 148. The molecule has 0 nitrogen and oxygen atoms in total. The molecular weight excluding hydrogens is 136 g/mol. The van der Waals surface area contributed by atoms with Gasteiger partial charge in [-0.1, -0.05) is 12.1 Å². The second-order valence-corrected chi connectivity index (χ2v) is 2.46. The Balaban J connectivity index is 2.83. The van der Waals surface area contributed by atoms with E-state index >= 15 is 0 Å². The zero-order valence-electron chi connectivity index (χ0n) is 4.13. The minimum atomic E-state index is 1.09. The van der Waals surface area contributed by atoms with E-state index < -0.39 is 0 Å². The molecule has 1 rings (SSSR count). The van der Waals surface area contributed by atoms with E-state index in [1.54, 1.807) is 0 Å². The predicted molar refractivity (Wildman–Crippen MR) is 38.7 cm³/mol. The van der Waals surface area contributed by atoms with E-state index in [-0.39, 0.29) is 0 Å². The van der Waals surface area contributed by atoms with Crippen molar-refractivity contribution in [2.45, 2.75) is 4.90 Å². The third kappa shape index (κ3) is 1.46. The van der Waals surface area contributed by atoms with Gasteiger partial charge in [-0.15, -0.1) is 0 Å². The highest BCUT2D eigenvalue weighted by Crippen LogP contribution is 2.19. The van der Waals surface area contributed by atoms with E-state index in [9.17, 15) is 0 Å². The van der Waals surface area contributed by atoms with Gasteiger partial charge in [0, 0.05) is 4.90 Å². The monoisotopic (exact) mass is 140 g/mol. The lowest BCUT2D eigenvalue weighted by Gasteiger charge is -1.86. The predicted octanol–water partition coefficient (Wildman–Crippen LogP) is 2.69. The van der Waals surface area contributed by atoms with E-state index in [4.69, 9.17) is 11.7 Å². The van der Waals surface area contributed by atoms with Gasteiger partial charge in [0.15, 0.2) is 0 Å². The summed E-state index contributed by atoms with van der Waals surface area (Å²) in [5.74, 6) is 0. The summed E-state index contributed by atoms with van der Waals surface area (Å²) >= 11 is 4.72. The Kier molecular flexibility index (Phi) is 2.30. The first-order valence-corrected chi connectivity index (χ1v) is 3.93. The Hall–Kier alpha value is -0.0800. The van der Waals surface area contributed by atoms with Crippen molar-refractivity contribution < 1.29 is 0 Å². The summed E-state index contributed by atoms with van der Waals surface area (Å²) in [5, 5.41) is 0. The first-order chi connectivity index (χ1) is 3.93. The molecule has 0 N–H and O–H groups in total. The van der Waals surface area contributed by atoms with Crippen LogP contribution in [-0.4, -0.2) is 0 Å². The molecule has 0 saturated heterocycles. The van der Waals surface area contributed by atoms with E-state index in [1.165, 1.54) is 10.8 Å². The van der Waals surface area contributed by atoms with Crippen molar-refractivity contribution in [2.75, 3.05) is 0 Å². The molecule has 0 spiro atoms. The van der Waals surface area contributed by atoms with Crippen LogP contribution in [0.4, 0.5) is 0 Å². The van der Waals surface area contributed by atoms with Gasteiger partial charge in [0.2, 0.25) is 0 Å². The largest absolute Gasteiger partial charge is 0.0605 e. The molecule has 1 aromatic rings. The molecule has 0 aliphatic rings. The Morgan fingerprint density at radius 2 is 2.50 bits per heavy atom. The average Bonchev–Trinajstić information content (AvgIpc) is 1.90. The summed E-state index contributed by atoms with van der Waals surface area (Å²) < 4.78 is 0. The van der Waals surface area contributed by atoms with Crippen molar-refractivity contribution in [2.24, 2.45) is 0 Å². The van der Waals surface area contributed by atoms with Crippen LogP contribution in [0.3, 0.4) is 0 Å². The fourth-order valence-corrected chi connectivity index (χ4v) is 0.990. The van der Waals surface area contributed by atoms with Crippen LogP contribution in [0.5, 0.6) is 0 Å². The van der Waals surface area contributed by atoms with Gasteiger partial charge in [0.05, 0.1) is 0 Å². The van der Waals surface area contributed by atoms with E-state index in [0.717, 1.165) is 4.90 Å². The quantitative estimate of drug-likeness (QED) is 0.540. The van der Waals surface area contributed by atoms with Crippen LogP contribution in [0.2, 0.25) is 0 Å². The standard InChI is InChI=1S/C6H4S2/c7-8-6-4-2-1-3-5-6/h1-2,4-5H. The van der Waals surface area contributed by atoms with Crippen LogP contribution in [0.25, 0.3) is 0 Å². The van der Waals surface area contributed by atoms with Gasteiger partial charge < -0.3 is 0 Å². The summed E-state index contributed by atoms with van der Waals surface area (Å²) in [6.07, 6.45) is 0. The summed E-state index contributed by atoms with van der Waals surface area (Å²) in [5.41, 5.74) is 0. The van der Waals surface area contributed by atoms with Crippen molar-refractivity contribution in [1.29, 1.82) is 0 Å². The SMILES string of the molecule is [S]Sc1c[c]ccc1. The molecule has 0 aliphatic carbocycles. The summed E-state index contributed by atoms with van der Waals surface area (Å²) in [7, 11) is 1.32. The molecular formula is C6H4S2. The van der Waals surface area contributed by atoms with E-state index in [1.807, 2.05) is 24.3 Å². The molecule has 2 heteroatoms. The molecule has 0 bridgehead atoms. The Labute approximate surface area is 58.1 Å². The van der Waals surface area contributed by atoms with Crippen molar-refractivity contribution in [3.63, 3.8) is 0 Å². The minimum Gasteiger partial charge on any atom is -0.0605 e. The maximum atomic E-state index is 4.72. The van der Waals surface area contributed by atoms with Crippen LogP contribution in [0, 0.1) is 6.07 Å². The van der Waals surface area contributed by atoms with Crippen LogP contribution in [0.1, 0.15) is 0 Å². The first kappa shape index (κ1) is 6.05. The molecule has 8 heavy (non-hydrogen) atoms. The molecule has 0 saturated carbocycles. The summed E-state index contributed by atoms with van der Waals surface area (Å²) in [4.78, 5) is 1.09. The van der Waals surface area contributed by atoms with Gasteiger partial charge in [-0.2, -0.15) is 0 Å². The van der Waals surface area contributed by atoms with Gasteiger partial charge in [0.1, 0.15) is 0 Å². The van der Waals surface area contributed by atoms with Crippen LogP contribution in [0.15, 0.2) is 29.2 Å². The molecule has 0 fully saturated rings. The molecule has 0 aliphatic heterocycles. The molecule has 40 valence electrons. The van der Waals surface area contributed by atoms with Gasteiger partial charge >= 0.3 is 0 Å². The van der Waals surface area contributed by atoms with Crippen molar-refractivity contribution in [3.05, 3.63) is 30.3 Å². The molecule has 1 aromatic carbocycles. The fourth-order valence-electron chi connectivity index (χ4n) is 0.429. The highest BCUT2D eigenvalue weighted by atomic mass is 33.1. The van der Waals surface area contributed by atoms with Gasteiger partial charge in [0.25, 0.3) is 0 Å². The van der Waals surface area contributed by atoms with Crippen LogP contribution in [-0.2, 0) is 0 Å². The van der Waals surface area contributed by atoms with Gasteiger partial charge in [-0.25, -0.2) is 0 Å². The molecule has 0 unspecified atom stereocenters. The maximum Gasteiger partial charge on any atom is 0.0197 e. The van der Waals surface area contributed by atoms with Crippen LogP contribution >= 0.6 is 22.5 Å². The highest BCUT2D eigenvalue weighted by molar-refractivity contribution is 8.68. The third-order valence-corrected chi connectivity index (χ3v) is 1.80. The highest BCUT2D eigenvalue weighted by Gasteiger charge is 1.82. The molecule has 0 atom stereocenters. The van der Waals surface area contributed by atoms with E-state index in [0.29, 0.717) is 0 Å². The molecule has 0 aromatic heterocycles. The zero-order valence-corrected chi connectivity index (χ0v) is 5.76. The first-order valence-electron chi connectivity index (χ1n) is 2.19. The average molecular weight is 140 g/mol. The maximum absolute atomic E-state index is 4.72. The Morgan fingerprint density at radius 3 is 2.88 bits per heavy atom. The zero-order chi connectivity index (χ0) is 5.82. The normalized spacial score (nSPS) is 9.12. The number of rotatable bonds is 1. The lowest BCUT2D eigenvalue weighted by Crippen LogP contribution is -1.60. The number of hydrogen-bond donors (Lipinski definition) is 0. The summed E-state index contributed by atoms with van der Waals surface area (Å²) in [6.45, 7) is 0. The molecule has 0 amide bonds. The number of hydrogen-bond acceptors (Lipinski definition) is 1. The summed E-state index contributed by atoms with van der Waals surface area (Å²) in [6, 6.07) is 10.5. The smallest absolute Gasteiger partial charge is 0.0197 e. The fraction of sp³-hybridized carbons (Fsp3) is 0. The lowest BCUT2D eigenvalue weighted by atomic mass is 10.4.